The van der Waals surface area contributed by atoms with E-state index in [0.717, 1.165) is 6.07 Å². The molecule has 0 bridgehead atoms. The lowest BCUT2D eigenvalue weighted by Crippen LogP contribution is -2.21. The Morgan fingerprint density at radius 1 is 1.12 bits per heavy atom. The minimum absolute atomic E-state index is 0.148. The first-order chi connectivity index (χ1) is 7.71. The highest BCUT2D eigenvalue weighted by Gasteiger charge is 2.33. The van der Waals surface area contributed by atoms with Crippen LogP contribution in [0.1, 0.15) is 26.3 Å². The molecule has 0 radical (unpaired) electrons. The number of fused-ring (bicyclic) bond motifs is 1. The van der Waals surface area contributed by atoms with Gasteiger partial charge in [-0.2, -0.15) is 13.2 Å². The summed E-state index contributed by atoms with van der Waals surface area (Å²) in [6.45, 7) is 5.77. The van der Waals surface area contributed by atoms with Crippen LogP contribution < -0.4 is 0 Å². The summed E-state index contributed by atoms with van der Waals surface area (Å²) in [5, 5.41) is 0.148. The maximum Gasteiger partial charge on any atom is 0.417 e. The molecule has 0 spiro atoms. The van der Waals surface area contributed by atoms with Gasteiger partial charge in [-0.05, 0) is 32.9 Å². The summed E-state index contributed by atoms with van der Waals surface area (Å²) in [5.74, 6) is 0. The SMILES string of the molecule is CC(C)(C)n1ccc2c(C(F)(F)F)ccnc21. The fourth-order valence-corrected chi connectivity index (χ4v) is 1.83. The van der Waals surface area contributed by atoms with E-state index < -0.39 is 11.7 Å². The Labute approximate surface area is 97.1 Å². The number of nitrogens with zero attached hydrogens (tertiary/aromatic N) is 2. The van der Waals surface area contributed by atoms with Crippen LogP contribution in [0.3, 0.4) is 0 Å². The Bertz CT molecular complexity index is 547. The van der Waals surface area contributed by atoms with Gasteiger partial charge in [0.25, 0.3) is 0 Å². The molecule has 2 aromatic heterocycles. The van der Waals surface area contributed by atoms with Crippen molar-refractivity contribution in [1.82, 2.24) is 9.55 Å². The molecule has 0 amide bonds. The summed E-state index contributed by atoms with van der Waals surface area (Å²) in [6.07, 6.45) is -1.49. The van der Waals surface area contributed by atoms with E-state index in [-0.39, 0.29) is 10.9 Å². The molecule has 0 saturated carbocycles. The molecule has 2 nitrogen and oxygen atoms in total. The van der Waals surface area contributed by atoms with Gasteiger partial charge in [0.2, 0.25) is 0 Å². The number of alkyl halides is 3. The van der Waals surface area contributed by atoms with E-state index in [0.29, 0.717) is 5.65 Å². The van der Waals surface area contributed by atoms with Gasteiger partial charge in [0.05, 0.1) is 5.56 Å². The Morgan fingerprint density at radius 2 is 1.76 bits per heavy atom. The summed E-state index contributed by atoms with van der Waals surface area (Å²) in [4.78, 5) is 4.04. The number of halogens is 3. The number of hydrogen-bond donors (Lipinski definition) is 0. The third kappa shape index (κ3) is 2.01. The van der Waals surface area contributed by atoms with Crippen LogP contribution in [-0.4, -0.2) is 9.55 Å². The highest BCUT2D eigenvalue weighted by molar-refractivity contribution is 5.80. The monoisotopic (exact) mass is 242 g/mol. The van der Waals surface area contributed by atoms with Crippen LogP contribution in [-0.2, 0) is 11.7 Å². The molecule has 0 aliphatic heterocycles. The molecule has 0 aliphatic rings. The fourth-order valence-electron chi connectivity index (χ4n) is 1.83. The fraction of sp³-hybridized carbons (Fsp3) is 0.417. The third-order valence-corrected chi connectivity index (χ3v) is 2.62. The normalized spacial score (nSPS) is 13.3. The Kier molecular flexibility index (Phi) is 2.45. The van der Waals surface area contributed by atoms with Gasteiger partial charge in [-0.1, -0.05) is 0 Å². The molecule has 17 heavy (non-hydrogen) atoms. The van der Waals surface area contributed by atoms with Crippen LogP contribution in [0, 0.1) is 0 Å². The second-order valence-electron chi connectivity index (χ2n) is 4.95. The van der Waals surface area contributed by atoms with Crippen molar-refractivity contribution < 1.29 is 13.2 Å². The first-order valence-corrected chi connectivity index (χ1v) is 5.25. The zero-order valence-electron chi connectivity index (χ0n) is 9.84. The van der Waals surface area contributed by atoms with Crippen LogP contribution in [0.25, 0.3) is 11.0 Å². The van der Waals surface area contributed by atoms with Gasteiger partial charge < -0.3 is 4.57 Å². The molecule has 0 aromatic carbocycles. The van der Waals surface area contributed by atoms with E-state index in [9.17, 15) is 13.2 Å². The van der Waals surface area contributed by atoms with Gasteiger partial charge in [-0.25, -0.2) is 4.98 Å². The lowest BCUT2D eigenvalue weighted by molar-refractivity contribution is -0.136. The zero-order valence-corrected chi connectivity index (χ0v) is 9.84. The van der Waals surface area contributed by atoms with Crippen molar-refractivity contribution in [1.29, 1.82) is 0 Å². The van der Waals surface area contributed by atoms with E-state index >= 15 is 0 Å². The average Bonchev–Trinajstić information content (AvgIpc) is 2.57. The maximum absolute atomic E-state index is 12.8. The first kappa shape index (κ1) is 12.0. The molecule has 2 rings (SSSR count). The molecular formula is C12H13F3N2. The Balaban J connectivity index is 2.74. The Hall–Kier alpha value is -1.52. The van der Waals surface area contributed by atoms with Crippen LogP contribution >= 0.6 is 0 Å². The van der Waals surface area contributed by atoms with E-state index in [2.05, 4.69) is 4.98 Å². The van der Waals surface area contributed by atoms with E-state index in [4.69, 9.17) is 0 Å². The second-order valence-corrected chi connectivity index (χ2v) is 4.95. The van der Waals surface area contributed by atoms with Crippen molar-refractivity contribution in [3.63, 3.8) is 0 Å². The Morgan fingerprint density at radius 3 is 2.29 bits per heavy atom. The molecule has 0 fully saturated rings. The zero-order chi connectivity index (χ0) is 12.8. The van der Waals surface area contributed by atoms with Gasteiger partial charge in [-0.15, -0.1) is 0 Å². The third-order valence-electron chi connectivity index (χ3n) is 2.62. The van der Waals surface area contributed by atoms with Crippen molar-refractivity contribution in [2.45, 2.75) is 32.5 Å². The van der Waals surface area contributed by atoms with Gasteiger partial charge in [-0.3, -0.25) is 0 Å². The van der Waals surface area contributed by atoms with Crippen LogP contribution in [0.15, 0.2) is 24.5 Å². The quantitative estimate of drug-likeness (QED) is 0.686. The number of rotatable bonds is 0. The smallest absolute Gasteiger partial charge is 0.327 e. The van der Waals surface area contributed by atoms with Crippen molar-refractivity contribution in [2.75, 3.05) is 0 Å². The topological polar surface area (TPSA) is 17.8 Å². The summed E-state index contributed by atoms with van der Waals surface area (Å²) < 4.78 is 40.1. The molecule has 2 aromatic rings. The summed E-state index contributed by atoms with van der Waals surface area (Å²) in [7, 11) is 0. The number of aromatic nitrogens is 2. The van der Waals surface area contributed by atoms with Gasteiger partial charge in [0, 0.05) is 23.3 Å². The predicted molar refractivity (Wildman–Crippen MR) is 59.7 cm³/mol. The second kappa shape index (κ2) is 3.48. The van der Waals surface area contributed by atoms with Crippen LogP contribution in [0.5, 0.6) is 0 Å². The summed E-state index contributed by atoms with van der Waals surface area (Å²) in [6, 6.07) is 2.48. The van der Waals surface area contributed by atoms with E-state index in [1.54, 1.807) is 10.8 Å². The summed E-state index contributed by atoms with van der Waals surface area (Å²) >= 11 is 0. The molecule has 0 saturated heterocycles. The first-order valence-electron chi connectivity index (χ1n) is 5.25. The standard InChI is InChI=1S/C12H13F3N2/c1-11(2,3)17-7-5-8-9(12(13,14)15)4-6-16-10(8)17/h4-7H,1-3H3. The lowest BCUT2D eigenvalue weighted by atomic mass is 10.1. The van der Waals surface area contributed by atoms with Crippen LogP contribution in [0.2, 0.25) is 0 Å². The molecule has 2 heterocycles. The number of hydrogen-bond acceptors (Lipinski definition) is 1. The highest BCUT2D eigenvalue weighted by atomic mass is 19.4. The predicted octanol–water partition coefficient (Wildman–Crippen LogP) is 3.81. The largest absolute Gasteiger partial charge is 0.417 e. The molecule has 0 atom stereocenters. The lowest BCUT2D eigenvalue weighted by Gasteiger charge is -2.22. The summed E-state index contributed by atoms with van der Waals surface area (Å²) in [5.41, 5.74) is -0.559. The molecule has 0 unspecified atom stereocenters. The minimum atomic E-state index is -4.34. The van der Waals surface area contributed by atoms with Crippen LogP contribution in [0.4, 0.5) is 13.2 Å². The van der Waals surface area contributed by atoms with Crippen molar-refractivity contribution in [2.24, 2.45) is 0 Å². The van der Waals surface area contributed by atoms with Gasteiger partial charge >= 0.3 is 6.18 Å². The van der Waals surface area contributed by atoms with Crippen molar-refractivity contribution in [3.8, 4) is 0 Å². The highest BCUT2D eigenvalue weighted by Crippen LogP contribution is 2.35. The molecule has 0 aliphatic carbocycles. The number of pyridine rings is 1. The molecular weight excluding hydrogens is 229 g/mol. The van der Waals surface area contributed by atoms with Crippen molar-refractivity contribution >= 4 is 11.0 Å². The van der Waals surface area contributed by atoms with Crippen molar-refractivity contribution in [3.05, 3.63) is 30.1 Å². The molecule has 5 heteroatoms. The van der Waals surface area contributed by atoms with Gasteiger partial charge in [0.1, 0.15) is 5.65 Å². The maximum atomic E-state index is 12.8. The minimum Gasteiger partial charge on any atom is -0.327 e. The molecule has 92 valence electrons. The molecule has 0 N–H and O–H groups in total. The average molecular weight is 242 g/mol. The van der Waals surface area contributed by atoms with E-state index in [1.807, 2.05) is 20.8 Å². The van der Waals surface area contributed by atoms with Gasteiger partial charge in [0.15, 0.2) is 0 Å². The van der Waals surface area contributed by atoms with E-state index in [1.165, 1.54) is 12.3 Å².